The summed E-state index contributed by atoms with van der Waals surface area (Å²) < 4.78 is 6.11. The largest absolute Gasteiger partial charge is 0.411 e. The van der Waals surface area contributed by atoms with Crippen LogP contribution in [-0.4, -0.2) is 23.0 Å². The first-order valence-electron chi connectivity index (χ1n) is 7.68. The number of para-hydroxylation sites is 1. The minimum Gasteiger partial charge on any atom is -0.411 e. The van der Waals surface area contributed by atoms with Crippen molar-refractivity contribution < 1.29 is 9.94 Å². The molecule has 2 aromatic rings. The number of nitrogens with one attached hydrogen (secondary N) is 1. The highest BCUT2D eigenvalue weighted by Gasteiger charge is 2.38. The number of oxime groups is 1. The predicted molar refractivity (Wildman–Crippen MR) is 84.2 cm³/mol. The van der Waals surface area contributed by atoms with Gasteiger partial charge < -0.3 is 14.9 Å². The second-order valence-electron chi connectivity index (χ2n) is 5.62. The fourth-order valence-electron chi connectivity index (χ4n) is 3.47. The number of ether oxygens (including phenoxy) is 1. The first-order chi connectivity index (χ1) is 10.3. The molecular formula is C17H22N2O2. The zero-order valence-electron chi connectivity index (χ0n) is 12.6. The number of H-pyrrole nitrogens is 1. The molecule has 2 N–H and O–H groups in total. The van der Waals surface area contributed by atoms with Crippen molar-refractivity contribution in [3.63, 3.8) is 0 Å². The molecule has 4 nitrogen and oxygen atoms in total. The van der Waals surface area contributed by atoms with E-state index in [1.54, 1.807) is 0 Å². The standard InChI is InChI=1S/C17H22N2O2/c1-3-12-6-5-7-13-14-8-11-21-17(4-2,9-10-18-20)16(14)19-15(12)13/h5-7,10,19-20H,3-4,8-9,11H2,1-2H3/t17-/m1/s1. The average molecular weight is 286 g/mol. The minimum absolute atomic E-state index is 0.399. The molecule has 4 heteroatoms. The van der Waals surface area contributed by atoms with E-state index in [4.69, 9.17) is 9.94 Å². The molecule has 1 aromatic heterocycles. The van der Waals surface area contributed by atoms with Gasteiger partial charge in [-0.15, -0.1) is 5.16 Å². The quantitative estimate of drug-likeness (QED) is 0.511. The van der Waals surface area contributed by atoms with E-state index in [0.717, 1.165) is 25.0 Å². The first kappa shape index (κ1) is 14.1. The monoisotopic (exact) mass is 286 g/mol. The fraction of sp³-hybridized carbons (Fsp3) is 0.471. The molecule has 0 amide bonds. The van der Waals surface area contributed by atoms with Crippen LogP contribution in [0.3, 0.4) is 0 Å². The summed E-state index contributed by atoms with van der Waals surface area (Å²) in [5.74, 6) is 0. The Labute approximate surface area is 124 Å². The van der Waals surface area contributed by atoms with E-state index in [1.165, 1.54) is 28.2 Å². The molecule has 0 saturated carbocycles. The van der Waals surface area contributed by atoms with Crippen molar-refractivity contribution >= 4 is 17.1 Å². The Bertz CT molecular complexity index is 675. The third kappa shape index (κ3) is 2.14. The number of nitrogens with zero attached hydrogens (tertiary/aromatic N) is 1. The van der Waals surface area contributed by atoms with E-state index in [1.807, 2.05) is 0 Å². The van der Waals surface area contributed by atoms with Gasteiger partial charge in [0.15, 0.2) is 0 Å². The van der Waals surface area contributed by atoms with Gasteiger partial charge in [0.25, 0.3) is 0 Å². The molecule has 2 heterocycles. The van der Waals surface area contributed by atoms with E-state index in [2.05, 4.69) is 42.2 Å². The Morgan fingerprint density at radius 3 is 3.00 bits per heavy atom. The maximum Gasteiger partial charge on any atom is 0.113 e. The second-order valence-corrected chi connectivity index (χ2v) is 5.62. The summed E-state index contributed by atoms with van der Waals surface area (Å²) >= 11 is 0. The highest BCUT2D eigenvalue weighted by atomic mass is 16.5. The lowest BCUT2D eigenvalue weighted by molar-refractivity contribution is -0.0600. The maximum atomic E-state index is 8.78. The van der Waals surface area contributed by atoms with Crippen molar-refractivity contribution in [2.75, 3.05) is 6.61 Å². The Morgan fingerprint density at radius 2 is 2.29 bits per heavy atom. The van der Waals surface area contributed by atoms with Crippen LogP contribution in [0, 0.1) is 0 Å². The van der Waals surface area contributed by atoms with Crippen LogP contribution >= 0.6 is 0 Å². The highest BCUT2D eigenvalue weighted by molar-refractivity contribution is 5.88. The number of aryl methyl sites for hydroxylation is 1. The molecule has 0 saturated heterocycles. The first-order valence-corrected chi connectivity index (χ1v) is 7.68. The van der Waals surface area contributed by atoms with E-state index in [0.29, 0.717) is 13.0 Å². The van der Waals surface area contributed by atoms with E-state index >= 15 is 0 Å². The summed E-state index contributed by atoms with van der Waals surface area (Å²) in [5, 5.41) is 13.3. The average Bonchev–Trinajstić information content (AvgIpc) is 2.92. The van der Waals surface area contributed by atoms with Gasteiger partial charge in [-0.3, -0.25) is 0 Å². The van der Waals surface area contributed by atoms with Crippen LogP contribution in [0.4, 0.5) is 0 Å². The van der Waals surface area contributed by atoms with Crippen LogP contribution in [0.5, 0.6) is 0 Å². The number of hydrogen-bond donors (Lipinski definition) is 2. The Morgan fingerprint density at radius 1 is 1.43 bits per heavy atom. The maximum absolute atomic E-state index is 8.78. The van der Waals surface area contributed by atoms with Gasteiger partial charge in [-0.05, 0) is 30.4 Å². The number of rotatable bonds is 4. The Hall–Kier alpha value is -1.81. The normalized spacial score (nSPS) is 22.0. The molecule has 0 aliphatic carbocycles. The van der Waals surface area contributed by atoms with Crippen molar-refractivity contribution in [2.45, 2.75) is 45.1 Å². The summed E-state index contributed by atoms with van der Waals surface area (Å²) in [6.45, 7) is 5.01. The van der Waals surface area contributed by atoms with Crippen LogP contribution in [0.1, 0.15) is 43.5 Å². The smallest absolute Gasteiger partial charge is 0.113 e. The van der Waals surface area contributed by atoms with Gasteiger partial charge in [-0.2, -0.15) is 0 Å². The molecule has 1 aliphatic rings. The van der Waals surface area contributed by atoms with Crippen LogP contribution in [0.25, 0.3) is 10.9 Å². The number of fused-ring (bicyclic) bond motifs is 3. The van der Waals surface area contributed by atoms with E-state index in [9.17, 15) is 0 Å². The molecule has 112 valence electrons. The third-order valence-electron chi connectivity index (χ3n) is 4.67. The lowest BCUT2D eigenvalue weighted by Crippen LogP contribution is -2.35. The van der Waals surface area contributed by atoms with Gasteiger partial charge in [0.1, 0.15) is 5.60 Å². The number of benzene rings is 1. The molecule has 21 heavy (non-hydrogen) atoms. The SMILES string of the molecule is CCc1cccc2c3c([nH]c12)[C@@](CC)(CC=NO)OCC3. The third-order valence-corrected chi connectivity index (χ3v) is 4.67. The summed E-state index contributed by atoms with van der Waals surface area (Å²) in [7, 11) is 0. The number of aromatic amines is 1. The molecule has 0 unspecified atom stereocenters. The Kier molecular flexibility index (Phi) is 3.72. The zero-order valence-corrected chi connectivity index (χ0v) is 12.6. The number of hydrogen-bond acceptors (Lipinski definition) is 3. The fourth-order valence-corrected chi connectivity index (χ4v) is 3.47. The van der Waals surface area contributed by atoms with E-state index < -0.39 is 5.60 Å². The molecule has 0 radical (unpaired) electrons. The summed E-state index contributed by atoms with van der Waals surface area (Å²) in [6, 6.07) is 6.50. The molecule has 0 spiro atoms. The van der Waals surface area contributed by atoms with Crippen molar-refractivity contribution in [3.8, 4) is 0 Å². The molecule has 1 atom stereocenters. The van der Waals surface area contributed by atoms with Gasteiger partial charge in [-0.25, -0.2) is 0 Å². The summed E-state index contributed by atoms with van der Waals surface area (Å²) in [5.41, 5.74) is 4.69. The van der Waals surface area contributed by atoms with Crippen LogP contribution in [-0.2, 0) is 23.2 Å². The van der Waals surface area contributed by atoms with Crippen molar-refractivity contribution in [1.82, 2.24) is 4.98 Å². The lowest BCUT2D eigenvalue weighted by Gasteiger charge is -2.35. The Balaban J connectivity index is 2.21. The summed E-state index contributed by atoms with van der Waals surface area (Å²) in [4.78, 5) is 3.62. The topological polar surface area (TPSA) is 57.6 Å². The molecule has 3 rings (SSSR count). The van der Waals surface area contributed by atoms with Gasteiger partial charge >= 0.3 is 0 Å². The highest BCUT2D eigenvalue weighted by Crippen LogP contribution is 2.41. The lowest BCUT2D eigenvalue weighted by atomic mass is 9.86. The van der Waals surface area contributed by atoms with Crippen LogP contribution < -0.4 is 0 Å². The molecular weight excluding hydrogens is 264 g/mol. The van der Waals surface area contributed by atoms with Gasteiger partial charge in [0.05, 0.1) is 12.3 Å². The van der Waals surface area contributed by atoms with Crippen molar-refractivity contribution in [3.05, 3.63) is 35.0 Å². The summed E-state index contributed by atoms with van der Waals surface area (Å²) in [6.07, 6.45) is 4.90. The van der Waals surface area contributed by atoms with Crippen molar-refractivity contribution in [2.24, 2.45) is 5.16 Å². The van der Waals surface area contributed by atoms with Crippen LogP contribution in [0.2, 0.25) is 0 Å². The van der Waals surface area contributed by atoms with E-state index in [-0.39, 0.29) is 0 Å². The number of aromatic nitrogens is 1. The van der Waals surface area contributed by atoms with Gasteiger partial charge in [0, 0.05) is 23.5 Å². The zero-order chi connectivity index (χ0) is 14.9. The molecule has 1 aromatic carbocycles. The van der Waals surface area contributed by atoms with Crippen LogP contribution in [0.15, 0.2) is 23.4 Å². The second kappa shape index (κ2) is 5.53. The minimum atomic E-state index is -0.399. The van der Waals surface area contributed by atoms with Gasteiger partial charge in [0.2, 0.25) is 0 Å². The molecule has 0 bridgehead atoms. The van der Waals surface area contributed by atoms with Gasteiger partial charge in [-0.1, -0.05) is 32.0 Å². The predicted octanol–water partition coefficient (Wildman–Crippen LogP) is 3.76. The molecule has 1 aliphatic heterocycles. The van der Waals surface area contributed by atoms with Crippen molar-refractivity contribution in [1.29, 1.82) is 0 Å². The molecule has 0 fully saturated rings.